The number of benzene rings is 3. The molecule has 0 aliphatic carbocycles. The second-order valence-electron chi connectivity index (χ2n) is 8.03. The zero-order chi connectivity index (χ0) is 22.6. The van der Waals surface area contributed by atoms with Crippen LogP contribution in [0.5, 0.6) is 0 Å². The first kappa shape index (κ1) is 19.9. The van der Waals surface area contributed by atoms with Crippen LogP contribution in [-0.2, 0) is 0 Å². The van der Waals surface area contributed by atoms with Crippen molar-refractivity contribution in [1.29, 1.82) is 0 Å². The van der Waals surface area contributed by atoms with Gasteiger partial charge in [-0.1, -0.05) is 26.0 Å². The quantitative estimate of drug-likeness (QED) is 0.352. The Labute approximate surface area is 181 Å². The molecule has 5 rings (SSSR count). The third kappa shape index (κ3) is 2.97. The Bertz CT molecular complexity index is 1500. The highest BCUT2D eigenvalue weighted by Crippen LogP contribution is 2.43. The molecule has 0 radical (unpaired) electrons. The highest BCUT2D eigenvalue weighted by atomic mass is 19.1. The number of nitrogens with zero attached hydrogens (tertiary/aromatic N) is 2. The fourth-order valence-electron chi connectivity index (χ4n) is 4.33. The van der Waals surface area contributed by atoms with Gasteiger partial charge in [-0.15, -0.1) is 0 Å². The third-order valence-corrected chi connectivity index (χ3v) is 5.69. The zero-order valence-electron chi connectivity index (χ0n) is 17.4. The number of aromatic nitrogens is 3. The number of hydrogen-bond donors (Lipinski definition) is 2. The van der Waals surface area contributed by atoms with Gasteiger partial charge in [-0.3, -0.25) is 5.10 Å². The van der Waals surface area contributed by atoms with Gasteiger partial charge < -0.3 is 9.67 Å². The van der Waals surface area contributed by atoms with Crippen molar-refractivity contribution in [2.45, 2.75) is 19.8 Å². The number of carboxylic acid groups (broad SMARTS) is 1. The van der Waals surface area contributed by atoms with Crippen LogP contribution in [0.15, 0.2) is 60.8 Å². The Hall–Kier alpha value is -4.00. The molecule has 32 heavy (non-hydrogen) atoms. The normalized spacial score (nSPS) is 11.7. The minimum Gasteiger partial charge on any atom is -0.478 e. The molecule has 2 aromatic heterocycles. The van der Waals surface area contributed by atoms with Gasteiger partial charge in [-0.05, 0) is 48.4 Å². The van der Waals surface area contributed by atoms with Crippen molar-refractivity contribution in [3.05, 3.63) is 83.7 Å². The predicted molar refractivity (Wildman–Crippen MR) is 119 cm³/mol. The van der Waals surface area contributed by atoms with E-state index >= 15 is 4.39 Å². The van der Waals surface area contributed by atoms with E-state index in [0.717, 1.165) is 33.2 Å². The number of rotatable bonds is 4. The fraction of sp³-hybridized carbons (Fsp3) is 0.120. The summed E-state index contributed by atoms with van der Waals surface area (Å²) in [7, 11) is 0. The number of halogens is 2. The molecule has 0 bridgehead atoms. The van der Waals surface area contributed by atoms with E-state index in [1.54, 1.807) is 30.5 Å². The van der Waals surface area contributed by atoms with E-state index in [1.165, 1.54) is 18.2 Å². The molecule has 0 aliphatic rings. The summed E-state index contributed by atoms with van der Waals surface area (Å²) in [5.41, 5.74) is 3.53. The highest BCUT2D eigenvalue weighted by molar-refractivity contribution is 6.06. The number of aromatic carboxylic acids is 1. The maximum absolute atomic E-state index is 15.4. The maximum Gasteiger partial charge on any atom is 0.338 e. The summed E-state index contributed by atoms with van der Waals surface area (Å²) in [5.74, 6) is -2.51. The average Bonchev–Trinajstić information content (AvgIpc) is 3.34. The minimum absolute atomic E-state index is 0.0493. The summed E-state index contributed by atoms with van der Waals surface area (Å²) in [6.07, 6.45) is 1.71. The van der Waals surface area contributed by atoms with E-state index in [0.29, 0.717) is 5.56 Å². The van der Waals surface area contributed by atoms with Gasteiger partial charge >= 0.3 is 5.97 Å². The number of carboxylic acids is 1. The Morgan fingerprint density at radius 2 is 1.84 bits per heavy atom. The highest BCUT2D eigenvalue weighted by Gasteiger charge is 2.26. The number of carbonyl (C=O) groups is 1. The van der Waals surface area contributed by atoms with E-state index in [4.69, 9.17) is 0 Å². The second kappa shape index (κ2) is 7.30. The van der Waals surface area contributed by atoms with Crippen molar-refractivity contribution in [2.24, 2.45) is 0 Å². The summed E-state index contributed by atoms with van der Waals surface area (Å²) >= 11 is 0. The van der Waals surface area contributed by atoms with E-state index in [9.17, 15) is 14.3 Å². The third-order valence-electron chi connectivity index (χ3n) is 5.69. The number of H-pyrrole nitrogens is 1. The van der Waals surface area contributed by atoms with Gasteiger partial charge in [0.25, 0.3) is 0 Å². The molecule has 5 aromatic rings. The van der Waals surface area contributed by atoms with Gasteiger partial charge in [0.15, 0.2) is 0 Å². The summed E-state index contributed by atoms with van der Waals surface area (Å²) < 4.78 is 31.1. The number of fused-ring (bicyclic) bond motifs is 2. The Kier molecular flexibility index (Phi) is 4.55. The molecule has 7 heteroatoms. The monoisotopic (exact) mass is 431 g/mol. The van der Waals surface area contributed by atoms with Crippen LogP contribution in [0.4, 0.5) is 8.78 Å². The zero-order valence-corrected chi connectivity index (χ0v) is 17.4. The lowest BCUT2D eigenvalue weighted by Crippen LogP contribution is -2.05. The van der Waals surface area contributed by atoms with Gasteiger partial charge in [-0.25, -0.2) is 13.6 Å². The van der Waals surface area contributed by atoms with Crippen LogP contribution in [0.25, 0.3) is 38.6 Å². The Balaban J connectivity index is 1.97. The summed E-state index contributed by atoms with van der Waals surface area (Å²) in [6, 6.07) is 14.3. The minimum atomic E-state index is -1.33. The van der Waals surface area contributed by atoms with Crippen LogP contribution < -0.4 is 0 Å². The van der Waals surface area contributed by atoms with Crippen LogP contribution in [0.1, 0.15) is 35.8 Å². The first-order valence-corrected chi connectivity index (χ1v) is 10.2. The van der Waals surface area contributed by atoms with Gasteiger partial charge in [0.2, 0.25) is 0 Å². The molecule has 0 amide bonds. The van der Waals surface area contributed by atoms with E-state index in [-0.39, 0.29) is 22.9 Å². The van der Waals surface area contributed by atoms with Crippen LogP contribution in [0.2, 0.25) is 0 Å². The molecule has 2 N–H and O–H groups in total. The summed E-state index contributed by atoms with van der Waals surface area (Å²) in [5, 5.41) is 18.1. The molecule has 0 saturated heterocycles. The van der Waals surface area contributed by atoms with Gasteiger partial charge in [0.1, 0.15) is 11.6 Å². The van der Waals surface area contributed by atoms with Crippen LogP contribution in [-0.4, -0.2) is 25.8 Å². The number of hydrogen-bond acceptors (Lipinski definition) is 2. The molecule has 2 heterocycles. The molecule has 0 aliphatic heterocycles. The fourth-order valence-corrected chi connectivity index (χ4v) is 4.33. The van der Waals surface area contributed by atoms with Crippen LogP contribution in [0, 0.1) is 11.6 Å². The lowest BCUT2D eigenvalue weighted by atomic mass is 9.94. The number of aromatic amines is 1. The Morgan fingerprint density at radius 3 is 2.53 bits per heavy atom. The Morgan fingerprint density at radius 1 is 1.09 bits per heavy atom. The van der Waals surface area contributed by atoms with Crippen molar-refractivity contribution in [1.82, 2.24) is 14.8 Å². The lowest BCUT2D eigenvalue weighted by Gasteiger charge is -2.16. The van der Waals surface area contributed by atoms with Crippen LogP contribution >= 0.6 is 0 Å². The van der Waals surface area contributed by atoms with Gasteiger partial charge in [-0.2, -0.15) is 5.10 Å². The molecule has 0 fully saturated rings. The number of nitrogens with one attached hydrogen (secondary N) is 1. The predicted octanol–water partition coefficient (Wildman–Crippen LogP) is 6.27. The average molecular weight is 431 g/mol. The standard InChI is InChI=1S/C25H19F2N3O2/c1-13(2)24-22(17-4-3-5-18(23(17)27)25(31)32)19-11-20-14(12-28-29-20)10-21(19)30(24)16-8-6-15(26)7-9-16/h3-13H,1-2H3,(H,28,29)(H,31,32). The molecule has 0 saturated carbocycles. The molecule has 3 aromatic carbocycles. The van der Waals surface area contributed by atoms with E-state index in [1.807, 2.05) is 30.5 Å². The largest absolute Gasteiger partial charge is 0.478 e. The molecule has 0 spiro atoms. The van der Waals surface area contributed by atoms with Gasteiger partial charge in [0, 0.05) is 33.3 Å². The second-order valence-corrected chi connectivity index (χ2v) is 8.03. The van der Waals surface area contributed by atoms with E-state index < -0.39 is 11.8 Å². The SMILES string of the molecule is CC(C)c1c(-c2cccc(C(=O)O)c2F)c2cc3[nH]ncc3cc2n1-c1ccc(F)cc1. The van der Waals surface area contributed by atoms with Gasteiger partial charge in [0.05, 0.1) is 22.8 Å². The van der Waals surface area contributed by atoms with Crippen molar-refractivity contribution in [3.63, 3.8) is 0 Å². The first-order valence-electron chi connectivity index (χ1n) is 10.2. The molecule has 5 nitrogen and oxygen atoms in total. The maximum atomic E-state index is 15.4. The summed E-state index contributed by atoms with van der Waals surface area (Å²) in [6.45, 7) is 3.98. The van der Waals surface area contributed by atoms with Crippen molar-refractivity contribution in [2.75, 3.05) is 0 Å². The smallest absolute Gasteiger partial charge is 0.338 e. The first-order chi connectivity index (χ1) is 15.4. The molecule has 160 valence electrons. The molecule has 0 atom stereocenters. The summed E-state index contributed by atoms with van der Waals surface area (Å²) in [4.78, 5) is 11.6. The van der Waals surface area contributed by atoms with Crippen LogP contribution in [0.3, 0.4) is 0 Å². The lowest BCUT2D eigenvalue weighted by molar-refractivity contribution is 0.0692. The topological polar surface area (TPSA) is 70.9 Å². The van der Waals surface area contributed by atoms with Crippen molar-refractivity contribution >= 4 is 27.8 Å². The van der Waals surface area contributed by atoms with E-state index in [2.05, 4.69) is 10.2 Å². The molecular formula is C25H19F2N3O2. The van der Waals surface area contributed by atoms with Crippen molar-refractivity contribution < 1.29 is 18.7 Å². The molecular weight excluding hydrogens is 412 g/mol. The van der Waals surface area contributed by atoms with Crippen molar-refractivity contribution in [3.8, 4) is 16.8 Å². The molecule has 0 unspecified atom stereocenters.